The number of carbonyl (C=O) groups is 2. The molecule has 3 heterocycles. The molecule has 0 aliphatic heterocycles. The molecule has 0 aliphatic rings. The minimum Gasteiger partial charge on any atom is -0.342 e. The number of rotatable bonds is 5. The van der Waals surface area contributed by atoms with Gasteiger partial charge in [0.2, 0.25) is 5.91 Å². The number of hydrogen-bond acceptors (Lipinski definition) is 6. The van der Waals surface area contributed by atoms with Crippen molar-refractivity contribution in [3.63, 3.8) is 0 Å². The van der Waals surface area contributed by atoms with Crippen molar-refractivity contribution in [2.45, 2.75) is 0 Å². The van der Waals surface area contributed by atoms with Crippen molar-refractivity contribution in [1.29, 1.82) is 0 Å². The molecule has 0 atom stereocenters. The van der Waals surface area contributed by atoms with E-state index < -0.39 is 0 Å². The van der Waals surface area contributed by atoms with Crippen molar-refractivity contribution >= 4 is 55.5 Å². The third kappa shape index (κ3) is 4.25. The number of thiophene rings is 1. The quantitative estimate of drug-likeness (QED) is 0.659. The van der Waals surface area contributed by atoms with Crippen molar-refractivity contribution in [3.8, 4) is 11.3 Å². The van der Waals surface area contributed by atoms with E-state index in [4.69, 9.17) is 0 Å². The molecule has 0 radical (unpaired) electrons. The Morgan fingerprint density at radius 2 is 2.12 bits per heavy atom. The minimum absolute atomic E-state index is 0.115. The van der Waals surface area contributed by atoms with Gasteiger partial charge in [0.25, 0.3) is 5.91 Å². The molecule has 2 amide bonds. The highest BCUT2D eigenvalue weighted by Crippen LogP contribution is 2.24. The van der Waals surface area contributed by atoms with Crippen LogP contribution in [0.3, 0.4) is 0 Å². The summed E-state index contributed by atoms with van der Waals surface area (Å²) in [4.78, 5) is 32.7. The van der Waals surface area contributed by atoms with Crippen LogP contribution in [-0.2, 0) is 4.79 Å². The summed E-state index contributed by atoms with van der Waals surface area (Å²) in [5, 5.41) is 7.57. The molecule has 2 N–H and O–H groups in total. The van der Waals surface area contributed by atoms with Gasteiger partial charge in [0.15, 0.2) is 5.13 Å². The van der Waals surface area contributed by atoms with Crippen LogP contribution >= 0.6 is 38.6 Å². The number of aromatic nitrogens is 2. The first-order chi connectivity index (χ1) is 11.6. The second kappa shape index (κ2) is 7.65. The first-order valence-electron chi connectivity index (χ1n) is 6.81. The maximum Gasteiger partial charge on any atom is 0.261 e. The van der Waals surface area contributed by atoms with Crippen LogP contribution in [0.2, 0.25) is 0 Å². The molecule has 0 fully saturated rings. The number of pyridine rings is 1. The van der Waals surface area contributed by atoms with E-state index in [9.17, 15) is 9.59 Å². The number of anilines is 1. The Morgan fingerprint density at radius 3 is 2.83 bits per heavy atom. The second-order valence-corrected chi connectivity index (χ2v) is 7.94. The summed E-state index contributed by atoms with van der Waals surface area (Å²) in [6.07, 6.45) is 3.40. The van der Waals surface area contributed by atoms with Crippen LogP contribution in [0.4, 0.5) is 5.13 Å². The van der Waals surface area contributed by atoms with Gasteiger partial charge >= 0.3 is 0 Å². The lowest BCUT2D eigenvalue weighted by Gasteiger charge is -2.03. The zero-order chi connectivity index (χ0) is 16.9. The molecule has 0 unspecified atom stereocenters. The number of hydrogen-bond donors (Lipinski definition) is 2. The average Bonchev–Trinajstić information content (AvgIpc) is 3.23. The molecule has 9 heteroatoms. The Balaban J connectivity index is 1.54. The Hall–Kier alpha value is -2.10. The molecule has 0 aromatic carbocycles. The fourth-order valence-electron chi connectivity index (χ4n) is 1.83. The van der Waals surface area contributed by atoms with E-state index in [1.807, 2.05) is 17.5 Å². The molecular weight excluding hydrogens is 412 g/mol. The number of carbonyl (C=O) groups excluding carboxylic acids is 2. The van der Waals surface area contributed by atoms with Gasteiger partial charge in [0.1, 0.15) is 0 Å². The summed E-state index contributed by atoms with van der Waals surface area (Å²) in [6.45, 7) is -0.115. The van der Waals surface area contributed by atoms with E-state index in [0.717, 1.165) is 15.0 Å². The summed E-state index contributed by atoms with van der Waals surface area (Å²) in [5.41, 5.74) is 1.63. The summed E-state index contributed by atoms with van der Waals surface area (Å²) in [7, 11) is 0. The van der Waals surface area contributed by atoms with Crippen LogP contribution in [0, 0.1) is 0 Å². The van der Waals surface area contributed by atoms with Gasteiger partial charge in [-0.05, 0) is 40.2 Å². The zero-order valence-electron chi connectivity index (χ0n) is 12.2. The number of halogens is 1. The molecule has 3 aromatic heterocycles. The molecule has 3 rings (SSSR count). The smallest absolute Gasteiger partial charge is 0.261 e. The van der Waals surface area contributed by atoms with E-state index in [1.165, 1.54) is 22.7 Å². The van der Waals surface area contributed by atoms with Crippen LogP contribution in [0.15, 0.2) is 45.8 Å². The number of nitrogens with zero attached hydrogens (tertiary/aromatic N) is 2. The van der Waals surface area contributed by atoms with E-state index >= 15 is 0 Å². The van der Waals surface area contributed by atoms with Crippen molar-refractivity contribution in [1.82, 2.24) is 15.3 Å². The molecule has 3 aromatic rings. The van der Waals surface area contributed by atoms with Crippen molar-refractivity contribution in [3.05, 3.63) is 50.7 Å². The third-order valence-corrected chi connectivity index (χ3v) is 5.29. The number of nitrogens with one attached hydrogen (secondary N) is 2. The van der Waals surface area contributed by atoms with Gasteiger partial charge in [-0.25, -0.2) is 4.98 Å². The highest BCUT2D eigenvalue weighted by Gasteiger charge is 2.12. The van der Waals surface area contributed by atoms with Crippen LogP contribution in [0.25, 0.3) is 11.3 Å². The first kappa shape index (κ1) is 16.7. The van der Waals surface area contributed by atoms with Gasteiger partial charge in [0.05, 0.1) is 20.9 Å². The highest BCUT2D eigenvalue weighted by atomic mass is 79.9. The molecule has 0 spiro atoms. The van der Waals surface area contributed by atoms with Crippen LogP contribution in [0.5, 0.6) is 0 Å². The summed E-state index contributed by atoms with van der Waals surface area (Å²) >= 11 is 5.92. The SMILES string of the molecule is O=C(CNC(=O)c1ccc(Br)s1)Nc1nc(-c2cccnc2)cs1. The first-order valence-corrected chi connectivity index (χ1v) is 9.30. The van der Waals surface area contributed by atoms with Crippen LogP contribution in [-0.4, -0.2) is 28.3 Å². The average molecular weight is 423 g/mol. The second-order valence-electron chi connectivity index (χ2n) is 4.61. The molecule has 0 saturated carbocycles. The van der Waals surface area contributed by atoms with Gasteiger partial charge < -0.3 is 10.6 Å². The largest absolute Gasteiger partial charge is 0.342 e. The molecule has 0 bridgehead atoms. The van der Waals surface area contributed by atoms with Gasteiger partial charge in [-0.15, -0.1) is 22.7 Å². The van der Waals surface area contributed by atoms with Gasteiger partial charge in [-0.3, -0.25) is 14.6 Å². The Kier molecular flexibility index (Phi) is 5.34. The molecule has 24 heavy (non-hydrogen) atoms. The Morgan fingerprint density at radius 1 is 1.25 bits per heavy atom. The van der Waals surface area contributed by atoms with Crippen LogP contribution in [0.1, 0.15) is 9.67 Å². The minimum atomic E-state index is -0.328. The van der Waals surface area contributed by atoms with Crippen molar-refractivity contribution in [2.75, 3.05) is 11.9 Å². The van der Waals surface area contributed by atoms with E-state index in [-0.39, 0.29) is 18.4 Å². The molecule has 0 saturated heterocycles. The highest BCUT2D eigenvalue weighted by molar-refractivity contribution is 9.11. The lowest BCUT2D eigenvalue weighted by molar-refractivity contribution is -0.115. The predicted octanol–water partition coefficient (Wildman–Crippen LogP) is 3.40. The third-order valence-electron chi connectivity index (χ3n) is 2.91. The molecule has 122 valence electrons. The molecular formula is C15H11BrN4O2S2. The summed E-state index contributed by atoms with van der Waals surface area (Å²) in [5.74, 6) is -0.609. The topological polar surface area (TPSA) is 84.0 Å². The van der Waals surface area contributed by atoms with Crippen molar-refractivity contribution in [2.24, 2.45) is 0 Å². The number of amides is 2. The van der Waals surface area contributed by atoms with E-state index in [0.29, 0.717) is 10.0 Å². The maximum absolute atomic E-state index is 11.9. The fraction of sp³-hybridized carbons (Fsp3) is 0.0667. The number of thiazole rings is 1. The lowest BCUT2D eigenvalue weighted by Crippen LogP contribution is -2.32. The summed E-state index contributed by atoms with van der Waals surface area (Å²) < 4.78 is 0.864. The molecule has 0 aliphatic carbocycles. The Labute approximate surface area is 154 Å². The van der Waals surface area contributed by atoms with Gasteiger partial charge in [-0.1, -0.05) is 0 Å². The van der Waals surface area contributed by atoms with Crippen LogP contribution < -0.4 is 10.6 Å². The Bertz CT molecular complexity index is 863. The lowest BCUT2D eigenvalue weighted by atomic mass is 10.2. The standard InChI is InChI=1S/C15H11BrN4O2S2/c16-12-4-3-11(24-12)14(22)18-7-13(21)20-15-19-10(8-23-15)9-2-1-5-17-6-9/h1-6,8H,7H2,(H,18,22)(H,19,20,21). The fourth-order valence-corrected chi connectivity index (χ4v) is 3.86. The molecule has 6 nitrogen and oxygen atoms in total. The predicted molar refractivity (Wildman–Crippen MR) is 98.3 cm³/mol. The zero-order valence-corrected chi connectivity index (χ0v) is 15.4. The van der Waals surface area contributed by atoms with Gasteiger partial charge in [0, 0.05) is 23.3 Å². The van der Waals surface area contributed by atoms with E-state index in [2.05, 4.69) is 36.5 Å². The normalized spacial score (nSPS) is 10.4. The monoisotopic (exact) mass is 422 g/mol. The van der Waals surface area contributed by atoms with Crippen molar-refractivity contribution < 1.29 is 9.59 Å². The van der Waals surface area contributed by atoms with Gasteiger partial charge in [-0.2, -0.15) is 0 Å². The maximum atomic E-state index is 11.9. The summed E-state index contributed by atoms with van der Waals surface area (Å²) in [6, 6.07) is 7.20. The van der Waals surface area contributed by atoms with E-state index in [1.54, 1.807) is 24.5 Å².